The third-order valence-corrected chi connectivity index (χ3v) is 4.43. The predicted octanol–water partition coefficient (Wildman–Crippen LogP) is 2.71. The molecule has 2 aliphatic heterocycles. The molecule has 6 heteroatoms. The summed E-state index contributed by atoms with van der Waals surface area (Å²) in [5.74, 6) is -1.22. The Balaban J connectivity index is 1.69. The Bertz CT molecular complexity index is 319. The molecule has 116 valence electrons. The van der Waals surface area contributed by atoms with E-state index in [0.717, 1.165) is 19.4 Å². The molecule has 0 radical (unpaired) electrons. The first-order valence-electron chi connectivity index (χ1n) is 7.54. The zero-order valence-corrected chi connectivity index (χ0v) is 11.7. The quantitative estimate of drug-likeness (QED) is 0.867. The van der Waals surface area contributed by atoms with Crippen molar-refractivity contribution in [2.75, 3.05) is 19.6 Å². The van der Waals surface area contributed by atoms with E-state index in [1.165, 1.54) is 12.8 Å². The lowest BCUT2D eigenvalue weighted by Crippen LogP contribution is -2.42. The van der Waals surface area contributed by atoms with E-state index in [-0.39, 0.29) is 31.8 Å². The maximum atomic E-state index is 12.5. The van der Waals surface area contributed by atoms with E-state index < -0.39 is 12.1 Å². The molecule has 20 heavy (non-hydrogen) atoms. The van der Waals surface area contributed by atoms with Gasteiger partial charge in [-0.25, -0.2) is 0 Å². The number of carbonyl (C=O) groups excluding carboxylic acids is 1. The molecular formula is C14H23F3N2O. The van der Waals surface area contributed by atoms with E-state index in [9.17, 15) is 18.0 Å². The van der Waals surface area contributed by atoms with Crippen molar-refractivity contribution in [3.63, 3.8) is 0 Å². The van der Waals surface area contributed by atoms with Crippen LogP contribution in [0.25, 0.3) is 0 Å². The Morgan fingerprint density at radius 2 is 1.85 bits per heavy atom. The fourth-order valence-electron chi connectivity index (χ4n) is 3.08. The third kappa shape index (κ3) is 4.36. The smallest absolute Gasteiger partial charge is 0.343 e. The molecular weight excluding hydrogens is 269 g/mol. The van der Waals surface area contributed by atoms with Crippen LogP contribution in [0.3, 0.4) is 0 Å². The van der Waals surface area contributed by atoms with Gasteiger partial charge in [0.05, 0.1) is 5.92 Å². The number of amides is 1. The zero-order valence-electron chi connectivity index (χ0n) is 11.7. The summed E-state index contributed by atoms with van der Waals surface area (Å²) in [4.78, 5) is 13.6. The second kappa shape index (κ2) is 6.78. The highest BCUT2D eigenvalue weighted by molar-refractivity contribution is 5.76. The highest BCUT2D eigenvalue weighted by atomic mass is 19.4. The third-order valence-electron chi connectivity index (χ3n) is 4.43. The fourth-order valence-corrected chi connectivity index (χ4v) is 3.08. The van der Waals surface area contributed by atoms with Crippen molar-refractivity contribution in [2.45, 2.75) is 57.2 Å². The molecule has 1 N–H and O–H groups in total. The molecule has 0 bridgehead atoms. The van der Waals surface area contributed by atoms with E-state index >= 15 is 0 Å². The first-order chi connectivity index (χ1) is 9.47. The van der Waals surface area contributed by atoms with E-state index in [4.69, 9.17) is 0 Å². The summed E-state index contributed by atoms with van der Waals surface area (Å²) in [6.07, 6.45) is 0.739. The van der Waals surface area contributed by atoms with Crippen LogP contribution < -0.4 is 5.32 Å². The number of alkyl halides is 3. The molecule has 3 nitrogen and oxygen atoms in total. The van der Waals surface area contributed by atoms with Crippen molar-refractivity contribution in [3.8, 4) is 0 Å². The van der Waals surface area contributed by atoms with Crippen molar-refractivity contribution in [2.24, 2.45) is 5.92 Å². The number of likely N-dealkylation sites (tertiary alicyclic amines) is 1. The maximum Gasteiger partial charge on any atom is 0.391 e. The molecule has 2 saturated heterocycles. The van der Waals surface area contributed by atoms with Crippen LogP contribution in [0.5, 0.6) is 0 Å². The van der Waals surface area contributed by atoms with Crippen molar-refractivity contribution < 1.29 is 18.0 Å². The van der Waals surface area contributed by atoms with Crippen LogP contribution >= 0.6 is 0 Å². The molecule has 0 aromatic rings. The van der Waals surface area contributed by atoms with Crippen LogP contribution in [0.1, 0.15) is 44.9 Å². The number of hydrogen-bond donors (Lipinski definition) is 1. The van der Waals surface area contributed by atoms with Gasteiger partial charge in [-0.05, 0) is 38.6 Å². The molecule has 2 aliphatic rings. The zero-order chi connectivity index (χ0) is 14.6. The minimum atomic E-state index is -4.11. The summed E-state index contributed by atoms with van der Waals surface area (Å²) < 4.78 is 37.6. The van der Waals surface area contributed by atoms with Gasteiger partial charge in [0.1, 0.15) is 0 Å². The second-order valence-electron chi connectivity index (χ2n) is 5.88. The van der Waals surface area contributed by atoms with Gasteiger partial charge in [0.2, 0.25) is 5.91 Å². The number of rotatable bonds is 3. The molecule has 2 rings (SSSR count). The van der Waals surface area contributed by atoms with Gasteiger partial charge < -0.3 is 10.2 Å². The molecule has 2 fully saturated rings. The Morgan fingerprint density at radius 3 is 2.40 bits per heavy atom. The molecule has 0 saturated carbocycles. The highest BCUT2D eigenvalue weighted by Gasteiger charge is 2.41. The molecule has 0 aliphatic carbocycles. The molecule has 0 spiro atoms. The highest BCUT2D eigenvalue weighted by Crippen LogP contribution is 2.34. The Morgan fingerprint density at radius 1 is 1.15 bits per heavy atom. The summed E-state index contributed by atoms with van der Waals surface area (Å²) in [6.45, 7) is 1.51. The SMILES string of the molecule is O=C(CCC1CCCCN1)N1CCC(C(F)(F)F)CC1. The summed E-state index contributed by atoms with van der Waals surface area (Å²) in [5, 5.41) is 3.38. The number of nitrogens with zero attached hydrogens (tertiary/aromatic N) is 1. The number of piperidine rings is 2. The fraction of sp³-hybridized carbons (Fsp3) is 0.929. The van der Waals surface area contributed by atoms with E-state index in [1.807, 2.05) is 0 Å². The number of hydrogen-bond acceptors (Lipinski definition) is 2. The van der Waals surface area contributed by atoms with Gasteiger partial charge in [-0.3, -0.25) is 4.79 Å². The summed E-state index contributed by atoms with van der Waals surface area (Å²) in [5.41, 5.74) is 0. The first kappa shape index (κ1) is 15.6. The number of halogens is 3. The number of carbonyl (C=O) groups is 1. The Hall–Kier alpha value is -0.780. The van der Waals surface area contributed by atoms with E-state index in [1.54, 1.807) is 4.90 Å². The second-order valence-corrected chi connectivity index (χ2v) is 5.88. The summed E-state index contributed by atoms with van der Waals surface area (Å²) >= 11 is 0. The molecule has 1 unspecified atom stereocenters. The van der Waals surface area contributed by atoms with Crippen LogP contribution in [-0.2, 0) is 4.79 Å². The normalized spacial score (nSPS) is 25.8. The first-order valence-corrected chi connectivity index (χ1v) is 7.54. The van der Waals surface area contributed by atoms with Crippen LogP contribution in [-0.4, -0.2) is 42.7 Å². The van der Waals surface area contributed by atoms with Gasteiger partial charge in [-0.15, -0.1) is 0 Å². The predicted molar refractivity (Wildman–Crippen MR) is 70.2 cm³/mol. The maximum absolute atomic E-state index is 12.5. The average Bonchev–Trinajstić information content (AvgIpc) is 2.45. The monoisotopic (exact) mass is 292 g/mol. The van der Waals surface area contributed by atoms with Crippen molar-refractivity contribution in [1.29, 1.82) is 0 Å². The van der Waals surface area contributed by atoms with Crippen LogP contribution in [0.15, 0.2) is 0 Å². The van der Waals surface area contributed by atoms with Gasteiger partial charge in [-0.2, -0.15) is 13.2 Å². The van der Waals surface area contributed by atoms with E-state index in [2.05, 4.69) is 5.32 Å². The summed E-state index contributed by atoms with van der Waals surface area (Å²) in [7, 11) is 0. The lowest BCUT2D eigenvalue weighted by molar-refractivity contribution is -0.186. The van der Waals surface area contributed by atoms with Crippen molar-refractivity contribution in [3.05, 3.63) is 0 Å². The van der Waals surface area contributed by atoms with Gasteiger partial charge >= 0.3 is 6.18 Å². The molecule has 0 aromatic carbocycles. The number of nitrogens with one attached hydrogen (secondary N) is 1. The van der Waals surface area contributed by atoms with Crippen molar-refractivity contribution in [1.82, 2.24) is 10.2 Å². The van der Waals surface area contributed by atoms with Gasteiger partial charge in [-0.1, -0.05) is 6.42 Å². The lowest BCUT2D eigenvalue weighted by atomic mass is 9.95. The lowest BCUT2D eigenvalue weighted by Gasteiger charge is -2.33. The minimum Gasteiger partial charge on any atom is -0.343 e. The summed E-state index contributed by atoms with van der Waals surface area (Å²) in [6, 6.07) is 0.403. The van der Waals surface area contributed by atoms with Crippen LogP contribution in [0.2, 0.25) is 0 Å². The molecule has 1 atom stereocenters. The van der Waals surface area contributed by atoms with Gasteiger partial charge in [0.15, 0.2) is 0 Å². The Kier molecular flexibility index (Phi) is 5.29. The van der Waals surface area contributed by atoms with Gasteiger partial charge in [0, 0.05) is 25.6 Å². The molecule has 1 amide bonds. The molecule has 0 aromatic heterocycles. The largest absolute Gasteiger partial charge is 0.391 e. The van der Waals surface area contributed by atoms with Crippen LogP contribution in [0, 0.1) is 5.92 Å². The van der Waals surface area contributed by atoms with E-state index in [0.29, 0.717) is 12.5 Å². The molecule has 2 heterocycles. The standard InChI is InChI=1S/C14H23F3N2O/c15-14(16,17)11-6-9-19(10-7-11)13(20)5-4-12-3-1-2-8-18-12/h11-12,18H,1-10H2. The topological polar surface area (TPSA) is 32.3 Å². The average molecular weight is 292 g/mol. The van der Waals surface area contributed by atoms with Gasteiger partial charge in [0.25, 0.3) is 0 Å². The minimum absolute atomic E-state index is 0.0120. The van der Waals surface area contributed by atoms with Crippen molar-refractivity contribution >= 4 is 5.91 Å². The van der Waals surface area contributed by atoms with Crippen LogP contribution in [0.4, 0.5) is 13.2 Å². The Labute approximate surface area is 117 Å².